The summed E-state index contributed by atoms with van der Waals surface area (Å²) >= 11 is 9.48. The quantitative estimate of drug-likeness (QED) is 0.489. The average molecular weight is 520 g/mol. The van der Waals surface area contributed by atoms with Crippen molar-refractivity contribution in [1.29, 1.82) is 0 Å². The van der Waals surface area contributed by atoms with E-state index in [4.69, 9.17) is 16.3 Å². The van der Waals surface area contributed by atoms with Gasteiger partial charge in [-0.3, -0.25) is 14.4 Å². The zero-order chi connectivity index (χ0) is 22.7. The number of nitrogens with zero attached hydrogens (tertiary/aromatic N) is 3. The molecule has 2 aromatic carbocycles. The molecule has 3 aromatic rings. The van der Waals surface area contributed by atoms with Gasteiger partial charge in [0.25, 0.3) is 5.91 Å². The maximum atomic E-state index is 12.6. The molecule has 2 heterocycles. The van der Waals surface area contributed by atoms with Crippen molar-refractivity contribution in [3.63, 3.8) is 0 Å². The Kier molecular flexibility index (Phi) is 7.15. The van der Waals surface area contributed by atoms with Crippen molar-refractivity contribution in [3.05, 3.63) is 63.7 Å². The van der Waals surface area contributed by atoms with Gasteiger partial charge in [0, 0.05) is 48.5 Å². The molecule has 0 saturated carbocycles. The maximum absolute atomic E-state index is 12.6. The van der Waals surface area contributed by atoms with Crippen molar-refractivity contribution in [2.45, 2.75) is 12.5 Å². The van der Waals surface area contributed by atoms with Crippen LogP contribution in [0.3, 0.4) is 0 Å². The van der Waals surface area contributed by atoms with Gasteiger partial charge in [-0.15, -0.1) is 0 Å². The van der Waals surface area contributed by atoms with E-state index in [0.29, 0.717) is 35.2 Å². The number of aryl methyl sites for hydroxylation is 1. The lowest BCUT2D eigenvalue weighted by Gasteiger charge is -2.18. The Hall–Kier alpha value is -2.39. The Morgan fingerprint density at radius 1 is 1.31 bits per heavy atom. The van der Waals surface area contributed by atoms with Gasteiger partial charge in [0.1, 0.15) is 12.4 Å². The standard InChI is InChI=1S/C23H24BrClN4O3/c1-28-22(20(24)13-26-28)19-12-17(27-23(31)15-2-4-16(25)5-3-15)6-7-21(19)32-11-10-29-9-8-18(30)14-29/h2-7,12-13,18,30H,8-11,14H2,1H3,(H,27,31). The van der Waals surface area contributed by atoms with E-state index in [0.717, 1.165) is 35.2 Å². The zero-order valence-electron chi connectivity index (χ0n) is 17.6. The highest BCUT2D eigenvalue weighted by molar-refractivity contribution is 9.10. The summed E-state index contributed by atoms with van der Waals surface area (Å²) in [6, 6.07) is 12.3. The molecule has 1 aliphatic rings. The summed E-state index contributed by atoms with van der Waals surface area (Å²) in [7, 11) is 1.86. The topological polar surface area (TPSA) is 79.6 Å². The summed E-state index contributed by atoms with van der Waals surface area (Å²) in [4.78, 5) is 14.8. The van der Waals surface area contributed by atoms with Crippen LogP contribution in [0.4, 0.5) is 5.69 Å². The molecule has 1 atom stereocenters. The third-order valence-corrected chi connectivity index (χ3v) is 6.24. The van der Waals surface area contributed by atoms with E-state index in [1.165, 1.54) is 0 Å². The summed E-state index contributed by atoms with van der Waals surface area (Å²) in [5, 5.41) is 17.5. The lowest BCUT2D eigenvalue weighted by Crippen LogP contribution is -2.27. The fourth-order valence-electron chi connectivity index (χ4n) is 3.74. The van der Waals surface area contributed by atoms with Crippen LogP contribution in [0.5, 0.6) is 5.75 Å². The van der Waals surface area contributed by atoms with Crippen LogP contribution in [0.1, 0.15) is 16.8 Å². The van der Waals surface area contributed by atoms with Crippen molar-refractivity contribution in [2.24, 2.45) is 7.05 Å². The first-order chi connectivity index (χ1) is 15.4. The fourth-order valence-corrected chi connectivity index (χ4v) is 4.42. The van der Waals surface area contributed by atoms with Gasteiger partial charge in [-0.25, -0.2) is 0 Å². The fraction of sp³-hybridized carbons (Fsp3) is 0.304. The van der Waals surface area contributed by atoms with Gasteiger partial charge in [-0.05, 0) is 64.8 Å². The molecule has 32 heavy (non-hydrogen) atoms. The second-order valence-corrected chi connectivity index (χ2v) is 9.02. The van der Waals surface area contributed by atoms with E-state index in [-0.39, 0.29) is 12.0 Å². The molecule has 2 N–H and O–H groups in total. The first kappa shape index (κ1) is 22.8. The van der Waals surface area contributed by atoms with E-state index in [2.05, 4.69) is 31.2 Å². The normalized spacial score (nSPS) is 16.3. The molecule has 1 unspecified atom stereocenters. The Balaban J connectivity index is 1.55. The number of rotatable bonds is 7. The maximum Gasteiger partial charge on any atom is 0.255 e. The molecular formula is C23H24BrClN4O3. The molecule has 1 amide bonds. The van der Waals surface area contributed by atoms with Crippen LogP contribution in [-0.4, -0.2) is 58.0 Å². The van der Waals surface area contributed by atoms with Gasteiger partial charge in [0.15, 0.2) is 0 Å². The molecule has 0 bridgehead atoms. The molecule has 1 saturated heterocycles. The first-order valence-electron chi connectivity index (χ1n) is 10.3. The molecule has 0 aliphatic carbocycles. The number of likely N-dealkylation sites (tertiary alicyclic amines) is 1. The van der Waals surface area contributed by atoms with E-state index < -0.39 is 0 Å². The summed E-state index contributed by atoms with van der Waals surface area (Å²) in [6.45, 7) is 2.78. The Bertz CT molecular complexity index is 1080. The number of anilines is 1. The van der Waals surface area contributed by atoms with Crippen LogP contribution in [0, 0.1) is 0 Å². The van der Waals surface area contributed by atoms with Crippen molar-refractivity contribution in [1.82, 2.24) is 14.7 Å². The number of β-amino-alcohol motifs (C(OH)–C–C–N with tert-alkyl or cyclic N) is 1. The van der Waals surface area contributed by atoms with Crippen LogP contribution in [-0.2, 0) is 7.05 Å². The summed E-state index contributed by atoms with van der Waals surface area (Å²) in [5.41, 5.74) is 2.82. The highest BCUT2D eigenvalue weighted by atomic mass is 79.9. The lowest BCUT2D eigenvalue weighted by atomic mass is 10.1. The molecule has 0 radical (unpaired) electrons. The van der Waals surface area contributed by atoms with Crippen LogP contribution < -0.4 is 10.1 Å². The van der Waals surface area contributed by atoms with E-state index in [9.17, 15) is 9.90 Å². The number of aliphatic hydroxyl groups excluding tert-OH is 1. The Morgan fingerprint density at radius 2 is 2.09 bits per heavy atom. The molecular weight excluding hydrogens is 496 g/mol. The molecule has 4 rings (SSSR count). The number of hydrogen-bond donors (Lipinski definition) is 2. The van der Waals surface area contributed by atoms with E-state index in [1.54, 1.807) is 35.1 Å². The third-order valence-electron chi connectivity index (χ3n) is 5.41. The predicted octanol–water partition coefficient (Wildman–Crippen LogP) is 4.20. The van der Waals surface area contributed by atoms with Gasteiger partial charge in [-0.2, -0.15) is 5.10 Å². The highest BCUT2D eigenvalue weighted by Gasteiger charge is 2.20. The van der Waals surface area contributed by atoms with E-state index >= 15 is 0 Å². The number of hydrogen-bond acceptors (Lipinski definition) is 5. The summed E-state index contributed by atoms with van der Waals surface area (Å²) < 4.78 is 8.70. The largest absolute Gasteiger partial charge is 0.492 e. The Labute approximate surface area is 200 Å². The van der Waals surface area contributed by atoms with Crippen LogP contribution >= 0.6 is 27.5 Å². The predicted molar refractivity (Wildman–Crippen MR) is 128 cm³/mol. The average Bonchev–Trinajstić information content (AvgIpc) is 3.33. The second kappa shape index (κ2) is 10.0. The minimum absolute atomic E-state index is 0.224. The molecule has 7 nitrogen and oxygen atoms in total. The monoisotopic (exact) mass is 518 g/mol. The molecule has 168 valence electrons. The molecule has 9 heteroatoms. The number of carbonyl (C=O) groups excluding carboxylic acids is 1. The SMILES string of the molecule is Cn1ncc(Br)c1-c1cc(NC(=O)c2ccc(Cl)cc2)ccc1OCCN1CCC(O)C1. The lowest BCUT2D eigenvalue weighted by molar-refractivity contribution is 0.102. The Morgan fingerprint density at radius 3 is 2.75 bits per heavy atom. The number of benzene rings is 2. The van der Waals surface area contributed by atoms with Crippen LogP contribution in [0.25, 0.3) is 11.3 Å². The number of amides is 1. The molecule has 1 aliphatic heterocycles. The van der Waals surface area contributed by atoms with Gasteiger partial charge in [0.05, 0.1) is 22.5 Å². The van der Waals surface area contributed by atoms with Crippen molar-refractivity contribution >= 4 is 39.1 Å². The smallest absolute Gasteiger partial charge is 0.255 e. The van der Waals surface area contributed by atoms with E-state index in [1.807, 2.05) is 25.2 Å². The first-order valence-corrected chi connectivity index (χ1v) is 11.5. The minimum Gasteiger partial charge on any atom is -0.492 e. The van der Waals surface area contributed by atoms with Gasteiger partial charge in [0.2, 0.25) is 0 Å². The second-order valence-electron chi connectivity index (χ2n) is 7.73. The number of ether oxygens (including phenoxy) is 1. The number of aromatic nitrogens is 2. The summed E-state index contributed by atoms with van der Waals surface area (Å²) in [5.74, 6) is 0.469. The van der Waals surface area contributed by atoms with Crippen LogP contribution in [0.15, 0.2) is 53.1 Å². The minimum atomic E-state index is -0.250. The highest BCUT2D eigenvalue weighted by Crippen LogP contribution is 2.37. The van der Waals surface area contributed by atoms with Gasteiger partial charge >= 0.3 is 0 Å². The number of carbonyl (C=O) groups is 1. The van der Waals surface area contributed by atoms with Crippen molar-refractivity contribution in [3.8, 4) is 17.0 Å². The number of halogens is 2. The van der Waals surface area contributed by atoms with Crippen LogP contribution in [0.2, 0.25) is 5.02 Å². The third kappa shape index (κ3) is 5.32. The molecule has 1 fully saturated rings. The number of aliphatic hydroxyl groups is 1. The van der Waals surface area contributed by atoms with Crippen molar-refractivity contribution in [2.75, 3.05) is 31.6 Å². The zero-order valence-corrected chi connectivity index (χ0v) is 19.9. The number of nitrogens with one attached hydrogen (secondary N) is 1. The molecule has 1 aromatic heterocycles. The van der Waals surface area contributed by atoms with Gasteiger partial charge < -0.3 is 15.2 Å². The molecule has 0 spiro atoms. The summed E-state index contributed by atoms with van der Waals surface area (Å²) in [6.07, 6.45) is 2.28. The van der Waals surface area contributed by atoms with Crippen molar-refractivity contribution < 1.29 is 14.6 Å². The van der Waals surface area contributed by atoms with Gasteiger partial charge in [-0.1, -0.05) is 11.6 Å².